The van der Waals surface area contributed by atoms with Crippen LogP contribution in [-0.4, -0.2) is 51.8 Å². The quantitative estimate of drug-likeness (QED) is 0.736. The van der Waals surface area contributed by atoms with Crippen molar-refractivity contribution in [2.75, 3.05) is 26.2 Å². The second-order valence-electron chi connectivity index (χ2n) is 6.58. The van der Waals surface area contributed by atoms with E-state index in [0.29, 0.717) is 18.7 Å². The van der Waals surface area contributed by atoms with Gasteiger partial charge >= 0.3 is 0 Å². The number of nitrogens with zero attached hydrogens (tertiary/aromatic N) is 2. The zero-order valence-electron chi connectivity index (χ0n) is 14.8. The summed E-state index contributed by atoms with van der Waals surface area (Å²) in [5.74, 6) is -0.251. The summed E-state index contributed by atoms with van der Waals surface area (Å²) in [7, 11) is 0. The third-order valence-corrected chi connectivity index (χ3v) is 5.25. The molecule has 1 heterocycles. The number of hydrogen-bond donors (Lipinski definition) is 1. The number of hydrogen-bond acceptors (Lipinski definition) is 3. The van der Waals surface area contributed by atoms with Gasteiger partial charge in [0, 0.05) is 38.3 Å². The molecule has 0 aromatic heterocycles. The minimum Gasteiger partial charge on any atom is -0.332 e. The van der Waals surface area contributed by atoms with Gasteiger partial charge in [0.1, 0.15) is 6.17 Å². The maximum absolute atomic E-state index is 12.5. The number of piperazine rings is 1. The predicted molar refractivity (Wildman–Crippen MR) is 111 cm³/mol. The van der Waals surface area contributed by atoms with Gasteiger partial charge in [0.05, 0.1) is 0 Å². The molecular formula is C20H22Cl3N3O. The molecule has 1 aliphatic heterocycles. The van der Waals surface area contributed by atoms with Crippen LogP contribution in [0.15, 0.2) is 60.7 Å². The van der Waals surface area contributed by atoms with Crippen LogP contribution in [0.1, 0.15) is 15.9 Å². The van der Waals surface area contributed by atoms with Crippen LogP contribution in [0, 0.1) is 0 Å². The van der Waals surface area contributed by atoms with Gasteiger partial charge in [0.15, 0.2) is 0 Å². The molecule has 0 unspecified atom stereocenters. The number of carbonyl (C=O) groups excluding carboxylic acids is 1. The van der Waals surface area contributed by atoms with Crippen molar-refractivity contribution in [2.24, 2.45) is 0 Å². The van der Waals surface area contributed by atoms with E-state index in [-0.39, 0.29) is 5.91 Å². The Hall–Kier alpha value is -1.30. The molecule has 2 aromatic rings. The number of amides is 1. The lowest BCUT2D eigenvalue weighted by Gasteiger charge is -2.41. The summed E-state index contributed by atoms with van der Waals surface area (Å²) in [6.45, 7) is 3.99. The molecule has 144 valence electrons. The van der Waals surface area contributed by atoms with E-state index in [0.717, 1.165) is 19.6 Å². The Morgan fingerprint density at radius 1 is 0.926 bits per heavy atom. The number of halogens is 3. The van der Waals surface area contributed by atoms with Crippen molar-refractivity contribution in [3.8, 4) is 0 Å². The molecule has 27 heavy (non-hydrogen) atoms. The van der Waals surface area contributed by atoms with Gasteiger partial charge in [-0.3, -0.25) is 14.6 Å². The molecule has 2 aromatic carbocycles. The molecule has 1 saturated heterocycles. The van der Waals surface area contributed by atoms with E-state index in [1.165, 1.54) is 5.56 Å². The van der Waals surface area contributed by atoms with E-state index in [9.17, 15) is 4.79 Å². The smallest absolute Gasteiger partial charge is 0.252 e. The third-order valence-electron chi connectivity index (χ3n) is 4.63. The molecule has 0 spiro atoms. The maximum Gasteiger partial charge on any atom is 0.252 e. The van der Waals surface area contributed by atoms with E-state index < -0.39 is 9.96 Å². The zero-order valence-corrected chi connectivity index (χ0v) is 17.1. The van der Waals surface area contributed by atoms with Crippen molar-refractivity contribution in [3.05, 3.63) is 71.8 Å². The van der Waals surface area contributed by atoms with Gasteiger partial charge in [0.2, 0.25) is 3.79 Å². The average molecular weight is 427 g/mol. The summed E-state index contributed by atoms with van der Waals surface area (Å²) in [5, 5.41) is 2.88. The summed E-state index contributed by atoms with van der Waals surface area (Å²) < 4.78 is -1.62. The molecule has 4 nitrogen and oxygen atoms in total. The molecule has 1 amide bonds. The van der Waals surface area contributed by atoms with Gasteiger partial charge in [-0.25, -0.2) is 0 Å². The first-order valence-electron chi connectivity index (χ1n) is 8.86. The lowest BCUT2D eigenvalue weighted by Crippen LogP contribution is -2.60. The normalized spacial score (nSPS) is 17.4. The fraction of sp³-hybridized carbons (Fsp3) is 0.350. The first-order chi connectivity index (χ1) is 12.9. The molecular weight excluding hydrogens is 405 g/mol. The molecule has 0 bridgehead atoms. The van der Waals surface area contributed by atoms with Crippen LogP contribution in [-0.2, 0) is 6.54 Å². The summed E-state index contributed by atoms with van der Waals surface area (Å²) in [6, 6.07) is 19.3. The van der Waals surface area contributed by atoms with E-state index >= 15 is 0 Å². The van der Waals surface area contributed by atoms with Crippen molar-refractivity contribution in [1.82, 2.24) is 15.1 Å². The lowest BCUT2D eigenvalue weighted by molar-refractivity contribution is 0.0658. The van der Waals surface area contributed by atoms with E-state index in [2.05, 4.69) is 22.3 Å². The predicted octanol–water partition coefficient (Wildman–Crippen LogP) is 3.93. The molecule has 1 atom stereocenters. The van der Waals surface area contributed by atoms with Gasteiger partial charge in [-0.05, 0) is 17.7 Å². The zero-order chi connectivity index (χ0) is 19.3. The van der Waals surface area contributed by atoms with Gasteiger partial charge in [0.25, 0.3) is 5.91 Å². The Morgan fingerprint density at radius 2 is 1.48 bits per heavy atom. The molecule has 0 radical (unpaired) electrons. The van der Waals surface area contributed by atoms with Crippen LogP contribution in [0.25, 0.3) is 0 Å². The van der Waals surface area contributed by atoms with Crippen molar-refractivity contribution in [3.63, 3.8) is 0 Å². The topological polar surface area (TPSA) is 35.6 Å². The summed E-state index contributed by atoms with van der Waals surface area (Å²) in [6.07, 6.45) is -0.686. The largest absolute Gasteiger partial charge is 0.332 e. The highest BCUT2D eigenvalue weighted by atomic mass is 35.6. The average Bonchev–Trinajstić information content (AvgIpc) is 2.67. The first-order valence-corrected chi connectivity index (χ1v) is 10.00. The fourth-order valence-corrected chi connectivity index (χ4v) is 3.78. The number of nitrogens with one attached hydrogen (secondary N) is 1. The highest BCUT2D eigenvalue weighted by Crippen LogP contribution is 2.33. The molecule has 0 aliphatic carbocycles. The first kappa shape index (κ1) is 20.4. The Bertz CT molecular complexity index is 729. The SMILES string of the molecule is O=C(N[C@@H](N1CCN(Cc2ccccc2)CC1)C(Cl)(Cl)Cl)c1ccccc1. The molecule has 1 aliphatic rings. The summed E-state index contributed by atoms with van der Waals surface area (Å²) in [5.41, 5.74) is 1.82. The van der Waals surface area contributed by atoms with Crippen molar-refractivity contribution in [2.45, 2.75) is 16.5 Å². The van der Waals surface area contributed by atoms with E-state index in [4.69, 9.17) is 34.8 Å². The highest BCUT2D eigenvalue weighted by molar-refractivity contribution is 6.68. The molecule has 3 rings (SSSR count). The van der Waals surface area contributed by atoms with E-state index in [1.54, 1.807) is 12.1 Å². The van der Waals surface area contributed by atoms with Gasteiger partial charge in [-0.1, -0.05) is 83.3 Å². The third kappa shape index (κ3) is 5.84. The van der Waals surface area contributed by atoms with Crippen molar-refractivity contribution < 1.29 is 4.79 Å². The number of carbonyl (C=O) groups is 1. The van der Waals surface area contributed by atoms with Crippen LogP contribution in [0.5, 0.6) is 0 Å². The Balaban J connectivity index is 1.61. The number of rotatable bonds is 5. The minimum absolute atomic E-state index is 0.251. The highest BCUT2D eigenvalue weighted by Gasteiger charge is 2.39. The number of benzene rings is 2. The molecule has 1 fully saturated rings. The van der Waals surface area contributed by atoms with Crippen LogP contribution >= 0.6 is 34.8 Å². The number of alkyl halides is 3. The van der Waals surface area contributed by atoms with Gasteiger partial charge < -0.3 is 5.32 Å². The molecule has 1 N–H and O–H groups in total. The molecule has 7 heteroatoms. The van der Waals surface area contributed by atoms with Gasteiger partial charge in [-0.2, -0.15) is 0 Å². The Morgan fingerprint density at radius 3 is 2.04 bits per heavy atom. The Kier molecular flexibility index (Phi) is 7.01. The maximum atomic E-state index is 12.5. The Labute approximate surface area is 175 Å². The standard InChI is InChI=1S/C20H22Cl3N3O/c21-20(22,23)19(24-18(27)17-9-5-2-6-10-17)26-13-11-25(12-14-26)15-16-7-3-1-4-8-16/h1-10,19H,11-15H2,(H,24,27)/t19-/m0/s1. The second kappa shape index (κ2) is 9.26. The van der Waals surface area contributed by atoms with Crippen LogP contribution < -0.4 is 5.32 Å². The van der Waals surface area contributed by atoms with Crippen LogP contribution in [0.3, 0.4) is 0 Å². The van der Waals surface area contributed by atoms with E-state index in [1.807, 2.05) is 41.3 Å². The lowest BCUT2D eigenvalue weighted by atomic mass is 10.2. The fourth-order valence-electron chi connectivity index (χ4n) is 3.20. The minimum atomic E-state index is -1.62. The van der Waals surface area contributed by atoms with Crippen LogP contribution in [0.2, 0.25) is 0 Å². The van der Waals surface area contributed by atoms with Gasteiger partial charge in [-0.15, -0.1) is 0 Å². The summed E-state index contributed by atoms with van der Waals surface area (Å²) >= 11 is 18.6. The van der Waals surface area contributed by atoms with Crippen molar-refractivity contribution in [1.29, 1.82) is 0 Å². The molecule has 0 saturated carbocycles. The van der Waals surface area contributed by atoms with Crippen molar-refractivity contribution >= 4 is 40.7 Å². The van der Waals surface area contributed by atoms with Crippen LogP contribution in [0.4, 0.5) is 0 Å². The second-order valence-corrected chi connectivity index (χ2v) is 8.95. The summed E-state index contributed by atoms with van der Waals surface area (Å²) in [4.78, 5) is 16.9. The monoisotopic (exact) mass is 425 g/mol.